The highest BCUT2D eigenvalue weighted by atomic mass is 32.2. The molecule has 2 rings (SSSR count). The molecule has 0 saturated heterocycles. The van der Waals surface area contributed by atoms with Crippen molar-refractivity contribution in [2.75, 3.05) is 30.8 Å². The number of ether oxygens (including phenoxy) is 1. The molecule has 0 fully saturated rings. The molecule has 0 bridgehead atoms. The van der Waals surface area contributed by atoms with Crippen LogP contribution < -0.4 is 14.4 Å². The first-order valence-electron chi connectivity index (χ1n) is 12.0. The number of hydrogen-bond donors (Lipinski definition) is 1. The Bertz CT molecular complexity index is 1110. The molecule has 0 aliphatic heterocycles. The number of benzene rings is 2. The summed E-state index contributed by atoms with van der Waals surface area (Å²) in [5.74, 6) is -0.538. The van der Waals surface area contributed by atoms with E-state index in [1.165, 1.54) is 23.1 Å². The summed E-state index contributed by atoms with van der Waals surface area (Å²) in [6, 6.07) is 12.1. The van der Waals surface area contributed by atoms with E-state index in [-0.39, 0.29) is 43.4 Å². The molecule has 198 valence electrons. The summed E-state index contributed by atoms with van der Waals surface area (Å²) >= 11 is 0. The van der Waals surface area contributed by atoms with Crippen molar-refractivity contribution in [2.45, 2.75) is 52.1 Å². The number of sulfonamides is 1. The van der Waals surface area contributed by atoms with Gasteiger partial charge >= 0.3 is 0 Å². The number of unbranched alkanes of at least 4 members (excludes halogenated alkanes) is 1. The lowest BCUT2D eigenvalue weighted by Crippen LogP contribution is -2.48. The van der Waals surface area contributed by atoms with Gasteiger partial charge < -0.3 is 15.0 Å². The molecule has 0 aliphatic rings. The maximum Gasteiger partial charge on any atom is 0.242 e. The van der Waals surface area contributed by atoms with Crippen molar-refractivity contribution in [3.63, 3.8) is 0 Å². The second-order valence-corrected chi connectivity index (χ2v) is 10.5. The third-order valence-corrected chi connectivity index (χ3v) is 6.96. The number of methoxy groups -OCH3 is 1. The van der Waals surface area contributed by atoms with Crippen molar-refractivity contribution in [3.05, 3.63) is 59.9 Å². The van der Waals surface area contributed by atoms with E-state index in [2.05, 4.69) is 5.32 Å². The first-order chi connectivity index (χ1) is 17.1. The molecule has 0 spiro atoms. The molecule has 1 N–H and O–H groups in total. The maximum absolute atomic E-state index is 14.3. The van der Waals surface area contributed by atoms with Crippen LogP contribution in [0.4, 0.5) is 10.1 Å². The van der Waals surface area contributed by atoms with Gasteiger partial charge in [-0.3, -0.25) is 13.9 Å². The number of carbonyl (C=O) groups is 2. The van der Waals surface area contributed by atoms with Crippen LogP contribution in [0.3, 0.4) is 0 Å². The molecule has 8 nitrogen and oxygen atoms in total. The van der Waals surface area contributed by atoms with Crippen molar-refractivity contribution in [1.29, 1.82) is 0 Å². The minimum Gasteiger partial charge on any atom is -0.497 e. The second-order valence-electron chi connectivity index (χ2n) is 8.58. The molecule has 0 heterocycles. The lowest BCUT2D eigenvalue weighted by molar-refractivity contribution is -0.140. The number of hydrogen-bond acceptors (Lipinski definition) is 5. The average molecular weight is 522 g/mol. The number of carbonyl (C=O) groups excluding carboxylic acids is 2. The predicted molar refractivity (Wildman–Crippen MR) is 139 cm³/mol. The molecular weight excluding hydrogens is 485 g/mol. The lowest BCUT2D eigenvalue weighted by atomic mass is 10.1. The topological polar surface area (TPSA) is 96.0 Å². The molecule has 2 aromatic carbocycles. The van der Waals surface area contributed by atoms with Crippen LogP contribution in [0, 0.1) is 5.82 Å². The molecule has 0 unspecified atom stereocenters. The summed E-state index contributed by atoms with van der Waals surface area (Å²) in [7, 11) is -2.20. The SMILES string of the molecule is CCCCNC(=O)[C@H](C)N(Cc1ccc(OC)cc1)C(=O)CCCN(c1ccccc1F)S(C)(=O)=O. The summed E-state index contributed by atoms with van der Waals surface area (Å²) in [4.78, 5) is 27.5. The number of nitrogens with zero attached hydrogens (tertiary/aromatic N) is 2. The third kappa shape index (κ3) is 8.51. The Morgan fingerprint density at radius 1 is 1.08 bits per heavy atom. The molecule has 1 atom stereocenters. The van der Waals surface area contributed by atoms with E-state index < -0.39 is 21.9 Å². The zero-order valence-electron chi connectivity index (χ0n) is 21.4. The minimum absolute atomic E-state index is 0.0107. The number of para-hydroxylation sites is 1. The summed E-state index contributed by atoms with van der Waals surface area (Å²) in [6.45, 7) is 4.35. The Morgan fingerprint density at radius 2 is 1.75 bits per heavy atom. The highest BCUT2D eigenvalue weighted by molar-refractivity contribution is 7.92. The Balaban J connectivity index is 2.16. The largest absolute Gasteiger partial charge is 0.497 e. The molecular formula is C26H36FN3O5S. The van der Waals surface area contributed by atoms with Crippen LogP contribution in [0.15, 0.2) is 48.5 Å². The van der Waals surface area contributed by atoms with E-state index in [4.69, 9.17) is 4.74 Å². The van der Waals surface area contributed by atoms with Crippen LogP contribution in [0.2, 0.25) is 0 Å². The van der Waals surface area contributed by atoms with E-state index in [0.29, 0.717) is 12.3 Å². The van der Waals surface area contributed by atoms with Gasteiger partial charge in [-0.2, -0.15) is 0 Å². The Morgan fingerprint density at radius 3 is 2.33 bits per heavy atom. The number of anilines is 1. The fourth-order valence-corrected chi connectivity index (χ4v) is 4.65. The van der Waals surface area contributed by atoms with Crippen molar-refractivity contribution in [2.24, 2.45) is 0 Å². The van der Waals surface area contributed by atoms with E-state index in [1.54, 1.807) is 32.2 Å². The highest BCUT2D eigenvalue weighted by Crippen LogP contribution is 2.22. The number of amides is 2. The first kappa shape index (κ1) is 29.1. The van der Waals surface area contributed by atoms with Gasteiger partial charge in [0.25, 0.3) is 0 Å². The van der Waals surface area contributed by atoms with Gasteiger partial charge in [0, 0.05) is 26.1 Å². The van der Waals surface area contributed by atoms with Crippen LogP contribution in [0.1, 0.15) is 45.1 Å². The van der Waals surface area contributed by atoms with Crippen LogP contribution in [0.25, 0.3) is 0 Å². The predicted octanol–water partition coefficient (Wildman–Crippen LogP) is 3.71. The Hall–Kier alpha value is -3.14. The van der Waals surface area contributed by atoms with Gasteiger partial charge in [-0.05, 0) is 49.6 Å². The van der Waals surface area contributed by atoms with Crippen LogP contribution in [-0.4, -0.2) is 57.6 Å². The summed E-state index contributed by atoms with van der Waals surface area (Å²) < 4.78 is 45.0. The van der Waals surface area contributed by atoms with Gasteiger partial charge in [-0.25, -0.2) is 12.8 Å². The summed E-state index contributed by atoms with van der Waals surface area (Å²) in [6.07, 6.45) is 2.91. The number of rotatable bonds is 14. The molecule has 0 aliphatic carbocycles. The van der Waals surface area contributed by atoms with Crippen molar-refractivity contribution in [1.82, 2.24) is 10.2 Å². The van der Waals surface area contributed by atoms with E-state index in [1.807, 2.05) is 19.1 Å². The third-order valence-electron chi connectivity index (χ3n) is 5.78. The van der Waals surface area contributed by atoms with Crippen LogP contribution in [0.5, 0.6) is 5.75 Å². The van der Waals surface area contributed by atoms with Gasteiger partial charge in [0.05, 0.1) is 19.1 Å². The quantitative estimate of drug-likeness (QED) is 0.383. The molecule has 2 aromatic rings. The number of nitrogens with one attached hydrogen (secondary N) is 1. The molecule has 0 aromatic heterocycles. The zero-order valence-corrected chi connectivity index (χ0v) is 22.2. The standard InChI is InChI=1S/C26H36FN3O5S/c1-5-6-17-28-26(32)20(2)29(19-21-13-15-22(35-3)16-14-21)25(31)12-9-18-30(36(4,33)34)24-11-8-7-10-23(24)27/h7-8,10-11,13-16,20H,5-6,9,12,17-19H2,1-4H3,(H,28,32)/t20-/m0/s1. The highest BCUT2D eigenvalue weighted by Gasteiger charge is 2.27. The van der Waals surface area contributed by atoms with E-state index in [0.717, 1.165) is 29.0 Å². The van der Waals surface area contributed by atoms with Crippen molar-refractivity contribution in [3.8, 4) is 5.75 Å². The van der Waals surface area contributed by atoms with Crippen LogP contribution in [-0.2, 0) is 26.2 Å². The fourth-order valence-electron chi connectivity index (χ4n) is 3.68. The summed E-state index contributed by atoms with van der Waals surface area (Å²) in [5.41, 5.74) is 0.757. The molecule has 2 amide bonds. The van der Waals surface area contributed by atoms with Gasteiger partial charge in [-0.15, -0.1) is 0 Å². The normalized spacial score (nSPS) is 12.0. The molecule has 10 heteroatoms. The monoisotopic (exact) mass is 521 g/mol. The van der Waals surface area contributed by atoms with Gasteiger partial charge in [0.1, 0.15) is 17.6 Å². The number of halogens is 1. The van der Waals surface area contributed by atoms with E-state index >= 15 is 0 Å². The van der Waals surface area contributed by atoms with Crippen LogP contribution >= 0.6 is 0 Å². The van der Waals surface area contributed by atoms with Gasteiger partial charge in [0.15, 0.2) is 0 Å². The maximum atomic E-state index is 14.3. The molecule has 0 radical (unpaired) electrons. The van der Waals surface area contributed by atoms with E-state index in [9.17, 15) is 22.4 Å². The molecule has 36 heavy (non-hydrogen) atoms. The smallest absolute Gasteiger partial charge is 0.242 e. The summed E-state index contributed by atoms with van der Waals surface area (Å²) in [5, 5.41) is 2.86. The first-order valence-corrected chi connectivity index (χ1v) is 13.9. The Labute approximate surface area is 213 Å². The van der Waals surface area contributed by atoms with Crippen molar-refractivity contribution >= 4 is 27.5 Å². The fraction of sp³-hybridized carbons (Fsp3) is 0.462. The Kier molecular flexibility index (Phi) is 11.2. The minimum atomic E-state index is -3.76. The van der Waals surface area contributed by atoms with Crippen molar-refractivity contribution < 1.29 is 27.1 Å². The molecule has 0 saturated carbocycles. The lowest BCUT2D eigenvalue weighted by Gasteiger charge is -2.29. The average Bonchev–Trinajstić information content (AvgIpc) is 2.85. The van der Waals surface area contributed by atoms with Gasteiger partial charge in [-0.1, -0.05) is 37.6 Å². The zero-order chi connectivity index (χ0) is 26.7. The van der Waals surface area contributed by atoms with Gasteiger partial charge in [0.2, 0.25) is 21.8 Å². The second kappa shape index (κ2) is 13.8.